The summed E-state index contributed by atoms with van der Waals surface area (Å²) in [6.45, 7) is 4.60. The highest BCUT2D eigenvalue weighted by Gasteiger charge is 2.29. The molecule has 6 heteroatoms. The van der Waals surface area contributed by atoms with E-state index in [1.165, 1.54) is 10.9 Å². The van der Waals surface area contributed by atoms with E-state index in [1.54, 1.807) is 0 Å². The molecule has 1 aromatic carbocycles. The zero-order chi connectivity index (χ0) is 16.6. The zero-order valence-electron chi connectivity index (χ0n) is 13.5. The van der Waals surface area contributed by atoms with Crippen molar-refractivity contribution < 1.29 is 13.2 Å². The van der Waals surface area contributed by atoms with Gasteiger partial charge in [-0.3, -0.25) is 4.79 Å². The highest BCUT2D eigenvalue weighted by Crippen LogP contribution is 2.23. The Labute approximate surface area is 136 Å². The van der Waals surface area contributed by atoms with Crippen LogP contribution in [0.2, 0.25) is 0 Å². The third-order valence-electron chi connectivity index (χ3n) is 4.66. The normalized spacial score (nSPS) is 20.0. The van der Waals surface area contributed by atoms with Crippen LogP contribution >= 0.6 is 0 Å². The van der Waals surface area contributed by atoms with Crippen LogP contribution in [-0.2, 0) is 21.2 Å². The molecular formula is C17H22N2O3S. The first-order valence-electron chi connectivity index (χ1n) is 7.89. The number of aryl methyl sites for hydroxylation is 2. The molecule has 1 amide bonds. The molecule has 23 heavy (non-hydrogen) atoms. The molecular weight excluding hydrogens is 312 g/mol. The Hall–Kier alpha value is -1.82. The molecule has 124 valence electrons. The zero-order valence-corrected chi connectivity index (χ0v) is 14.3. The van der Waals surface area contributed by atoms with Crippen molar-refractivity contribution in [2.75, 3.05) is 11.5 Å². The summed E-state index contributed by atoms with van der Waals surface area (Å²) in [5.74, 6) is 0.258. The molecule has 5 nitrogen and oxygen atoms in total. The lowest BCUT2D eigenvalue weighted by molar-refractivity contribution is -0.122. The molecule has 1 fully saturated rings. The number of nitrogens with one attached hydrogen (secondary N) is 2. The third-order valence-corrected chi connectivity index (χ3v) is 6.50. The van der Waals surface area contributed by atoms with Crippen LogP contribution < -0.4 is 5.32 Å². The molecule has 0 spiro atoms. The van der Waals surface area contributed by atoms with Crippen molar-refractivity contribution in [2.45, 2.75) is 33.2 Å². The van der Waals surface area contributed by atoms with Gasteiger partial charge in [0, 0.05) is 29.6 Å². The second-order valence-electron chi connectivity index (χ2n) is 6.50. The van der Waals surface area contributed by atoms with Gasteiger partial charge in [0.05, 0.1) is 11.5 Å². The van der Waals surface area contributed by atoms with Gasteiger partial charge in [-0.05, 0) is 49.4 Å². The predicted octanol–water partition coefficient (Wildman–Crippen LogP) is 2.23. The minimum absolute atomic E-state index is 0.0305. The Balaban J connectivity index is 1.60. The molecule has 1 atom stereocenters. The van der Waals surface area contributed by atoms with Gasteiger partial charge < -0.3 is 10.3 Å². The number of fused-ring (bicyclic) bond motifs is 1. The van der Waals surface area contributed by atoms with Crippen molar-refractivity contribution in [2.24, 2.45) is 5.92 Å². The summed E-state index contributed by atoms with van der Waals surface area (Å²) < 4.78 is 22.9. The third kappa shape index (κ3) is 3.58. The molecule has 1 aliphatic rings. The lowest BCUT2D eigenvalue weighted by Crippen LogP contribution is -2.25. The number of carbonyl (C=O) groups excluding carboxylic acids is 1. The van der Waals surface area contributed by atoms with Gasteiger partial charge in [-0.25, -0.2) is 8.42 Å². The van der Waals surface area contributed by atoms with E-state index in [-0.39, 0.29) is 23.3 Å². The van der Waals surface area contributed by atoms with E-state index in [9.17, 15) is 13.2 Å². The number of amides is 1. The van der Waals surface area contributed by atoms with Gasteiger partial charge in [-0.15, -0.1) is 0 Å². The van der Waals surface area contributed by atoms with Crippen LogP contribution in [0.1, 0.15) is 29.7 Å². The lowest BCUT2D eigenvalue weighted by atomic mass is 10.0. The number of rotatable bonds is 4. The SMILES string of the molecule is Cc1[nH]c2ccc(CNC(=O)C[C@@H]3CCS(=O)(=O)C3)cc2c1C. The molecule has 1 aliphatic heterocycles. The standard InChI is InChI=1S/C17H22N2O3S/c1-11-12(2)19-16-4-3-13(7-15(11)16)9-18-17(20)8-14-5-6-23(21,22)10-14/h3-4,7,14,19H,5-6,8-10H2,1-2H3,(H,18,20)/t14-/m0/s1. The first kappa shape index (κ1) is 16.1. The molecule has 3 rings (SSSR count). The van der Waals surface area contributed by atoms with Crippen molar-refractivity contribution in [3.05, 3.63) is 35.0 Å². The Morgan fingerprint density at radius 1 is 1.35 bits per heavy atom. The summed E-state index contributed by atoms with van der Waals surface area (Å²) in [4.78, 5) is 15.3. The van der Waals surface area contributed by atoms with Crippen LogP contribution in [0.5, 0.6) is 0 Å². The fourth-order valence-corrected chi connectivity index (χ4v) is 5.05. The smallest absolute Gasteiger partial charge is 0.220 e. The molecule has 0 aliphatic carbocycles. The Morgan fingerprint density at radius 3 is 2.83 bits per heavy atom. The molecule has 0 saturated carbocycles. The van der Waals surface area contributed by atoms with E-state index >= 15 is 0 Å². The van der Waals surface area contributed by atoms with Crippen LogP contribution in [0.25, 0.3) is 10.9 Å². The quantitative estimate of drug-likeness (QED) is 0.900. The van der Waals surface area contributed by atoms with Crippen molar-refractivity contribution in [3.63, 3.8) is 0 Å². The topological polar surface area (TPSA) is 79.0 Å². The van der Waals surface area contributed by atoms with Crippen molar-refractivity contribution in [1.29, 1.82) is 0 Å². The summed E-state index contributed by atoms with van der Waals surface area (Å²) in [6, 6.07) is 6.12. The van der Waals surface area contributed by atoms with Crippen LogP contribution in [0, 0.1) is 19.8 Å². The van der Waals surface area contributed by atoms with E-state index in [1.807, 2.05) is 19.1 Å². The Kier molecular flexibility index (Phi) is 4.19. The summed E-state index contributed by atoms with van der Waals surface area (Å²) in [5.41, 5.74) is 4.53. The largest absolute Gasteiger partial charge is 0.358 e. The molecule has 1 saturated heterocycles. The van der Waals surface area contributed by atoms with E-state index in [0.717, 1.165) is 16.8 Å². The number of sulfone groups is 1. The van der Waals surface area contributed by atoms with E-state index in [0.29, 0.717) is 19.4 Å². The van der Waals surface area contributed by atoms with Crippen molar-refractivity contribution in [1.82, 2.24) is 10.3 Å². The summed E-state index contributed by atoms with van der Waals surface area (Å²) in [7, 11) is -2.92. The molecule has 2 aromatic rings. The predicted molar refractivity (Wildman–Crippen MR) is 91.0 cm³/mol. The summed E-state index contributed by atoms with van der Waals surface area (Å²) in [6.07, 6.45) is 0.896. The Bertz CT molecular complexity index is 852. The van der Waals surface area contributed by atoms with E-state index in [4.69, 9.17) is 0 Å². The van der Waals surface area contributed by atoms with Gasteiger partial charge >= 0.3 is 0 Å². The van der Waals surface area contributed by atoms with Crippen LogP contribution in [0.15, 0.2) is 18.2 Å². The molecule has 0 bridgehead atoms. The maximum Gasteiger partial charge on any atom is 0.220 e. The highest BCUT2D eigenvalue weighted by atomic mass is 32.2. The highest BCUT2D eigenvalue weighted by molar-refractivity contribution is 7.91. The van der Waals surface area contributed by atoms with Gasteiger partial charge in [0.1, 0.15) is 0 Å². The number of H-pyrrole nitrogens is 1. The second kappa shape index (κ2) is 6.00. The summed E-state index contributed by atoms with van der Waals surface area (Å²) >= 11 is 0. The average molecular weight is 334 g/mol. The van der Waals surface area contributed by atoms with Crippen molar-refractivity contribution in [3.8, 4) is 0 Å². The lowest BCUT2D eigenvalue weighted by Gasteiger charge is -2.09. The van der Waals surface area contributed by atoms with Gasteiger partial charge in [0.25, 0.3) is 0 Å². The van der Waals surface area contributed by atoms with Gasteiger partial charge in [-0.1, -0.05) is 6.07 Å². The maximum atomic E-state index is 12.0. The fourth-order valence-electron chi connectivity index (χ4n) is 3.19. The van der Waals surface area contributed by atoms with Crippen LogP contribution in [-0.4, -0.2) is 30.8 Å². The first-order chi connectivity index (χ1) is 10.8. The second-order valence-corrected chi connectivity index (χ2v) is 8.73. The Morgan fingerprint density at radius 2 is 2.13 bits per heavy atom. The van der Waals surface area contributed by atoms with E-state index in [2.05, 4.69) is 23.3 Å². The number of hydrogen-bond donors (Lipinski definition) is 2. The minimum Gasteiger partial charge on any atom is -0.358 e. The monoisotopic (exact) mass is 334 g/mol. The molecule has 2 heterocycles. The van der Waals surface area contributed by atoms with Crippen LogP contribution in [0.4, 0.5) is 0 Å². The summed E-state index contributed by atoms with van der Waals surface area (Å²) in [5, 5.41) is 4.08. The van der Waals surface area contributed by atoms with Gasteiger partial charge in [0.2, 0.25) is 5.91 Å². The maximum absolute atomic E-state index is 12.0. The number of carbonyl (C=O) groups is 1. The molecule has 0 unspecified atom stereocenters. The van der Waals surface area contributed by atoms with E-state index < -0.39 is 9.84 Å². The molecule has 0 radical (unpaired) electrons. The first-order valence-corrected chi connectivity index (χ1v) is 9.71. The molecule has 2 N–H and O–H groups in total. The van der Waals surface area contributed by atoms with Crippen LogP contribution in [0.3, 0.4) is 0 Å². The fraction of sp³-hybridized carbons (Fsp3) is 0.471. The van der Waals surface area contributed by atoms with Gasteiger partial charge in [-0.2, -0.15) is 0 Å². The van der Waals surface area contributed by atoms with Crippen molar-refractivity contribution >= 4 is 26.6 Å². The van der Waals surface area contributed by atoms with Gasteiger partial charge in [0.15, 0.2) is 9.84 Å². The average Bonchev–Trinajstić information content (AvgIpc) is 2.97. The molecule has 1 aromatic heterocycles. The number of hydrogen-bond acceptors (Lipinski definition) is 3. The number of aromatic nitrogens is 1. The minimum atomic E-state index is -2.92. The number of benzene rings is 1. The number of aromatic amines is 1.